The van der Waals surface area contributed by atoms with Crippen molar-refractivity contribution in [1.29, 1.82) is 0 Å². The van der Waals surface area contributed by atoms with E-state index in [9.17, 15) is 19.2 Å². The van der Waals surface area contributed by atoms with Crippen molar-refractivity contribution in [2.45, 2.75) is 38.5 Å². The summed E-state index contributed by atoms with van der Waals surface area (Å²) in [5.41, 5.74) is 0.752. The molecule has 8 nitrogen and oxygen atoms in total. The molecule has 1 atom stereocenters. The second-order valence-corrected chi connectivity index (χ2v) is 7.82. The molecular formula is C26H22O8. The van der Waals surface area contributed by atoms with Crippen LogP contribution in [0.2, 0.25) is 0 Å². The third kappa shape index (κ3) is 3.57. The Labute approximate surface area is 195 Å². The van der Waals surface area contributed by atoms with Gasteiger partial charge in [0.2, 0.25) is 0 Å². The SMILES string of the molecule is C=CC(=O)Oc1cc2c(cc1CC)C1(CC(=O)O2)C(=O)Oc2cc(OC(=O)C=C)c(CC)cc21. The van der Waals surface area contributed by atoms with Gasteiger partial charge in [-0.1, -0.05) is 27.0 Å². The molecule has 2 aromatic carbocycles. The van der Waals surface area contributed by atoms with E-state index >= 15 is 0 Å². The molecule has 2 aromatic rings. The fourth-order valence-electron chi connectivity index (χ4n) is 4.28. The van der Waals surface area contributed by atoms with Crippen molar-refractivity contribution in [3.63, 3.8) is 0 Å². The largest absolute Gasteiger partial charge is 0.426 e. The summed E-state index contributed by atoms with van der Waals surface area (Å²) in [7, 11) is 0. The van der Waals surface area contributed by atoms with Crippen molar-refractivity contribution in [2.75, 3.05) is 0 Å². The Hall–Kier alpha value is -4.20. The van der Waals surface area contributed by atoms with Gasteiger partial charge in [0, 0.05) is 35.4 Å². The number of aryl methyl sites for hydroxylation is 2. The van der Waals surface area contributed by atoms with E-state index in [1.807, 2.05) is 13.8 Å². The van der Waals surface area contributed by atoms with Crippen molar-refractivity contribution in [1.82, 2.24) is 0 Å². The average molecular weight is 462 g/mol. The lowest BCUT2D eigenvalue weighted by molar-refractivity contribution is -0.145. The number of fused-ring (bicyclic) bond motifs is 4. The number of hydrogen-bond acceptors (Lipinski definition) is 8. The van der Waals surface area contributed by atoms with Crippen molar-refractivity contribution >= 4 is 23.9 Å². The normalized spacial score (nSPS) is 17.8. The summed E-state index contributed by atoms with van der Waals surface area (Å²) in [6, 6.07) is 6.32. The fraction of sp³-hybridized carbons (Fsp3) is 0.231. The number of rotatable bonds is 6. The number of esters is 4. The molecule has 0 bridgehead atoms. The zero-order chi connectivity index (χ0) is 24.6. The molecule has 2 aliphatic heterocycles. The number of carbonyl (C=O) groups is 4. The van der Waals surface area contributed by atoms with E-state index in [2.05, 4.69) is 13.2 Å². The first-order valence-electron chi connectivity index (χ1n) is 10.7. The first-order valence-corrected chi connectivity index (χ1v) is 10.7. The molecule has 0 aliphatic carbocycles. The molecule has 0 N–H and O–H groups in total. The van der Waals surface area contributed by atoms with E-state index in [4.69, 9.17) is 18.9 Å². The quantitative estimate of drug-likeness (QED) is 0.365. The molecule has 2 heterocycles. The van der Waals surface area contributed by atoms with E-state index in [0.29, 0.717) is 35.1 Å². The van der Waals surface area contributed by atoms with Gasteiger partial charge in [0.25, 0.3) is 0 Å². The lowest BCUT2D eigenvalue weighted by atomic mass is 9.70. The number of hydrogen-bond donors (Lipinski definition) is 0. The standard InChI is InChI=1S/C26H22O8/c1-5-14-9-16-20(11-18(14)31-22(27)7-3)33-24(29)13-26(16)17-10-15(6-2)19(32-23(28)8-4)12-21(17)34-25(26)30/h7-12H,3-6,13H2,1-2H3. The summed E-state index contributed by atoms with van der Waals surface area (Å²) in [6.07, 6.45) is 2.77. The fourth-order valence-corrected chi connectivity index (χ4v) is 4.28. The summed E-state index contributed by atoms with van der Waals surface area (Å²) in [4.78, 5) is 49.6. The summed E-state index contributed by atoms with van der Waals surface area (Å²) in [5.74, 6) is -1.84. The highest BCUT2D eigenvalue weighted by Crippen LogP contribution is 2.54. The zero-order valence-electron chi connectivity index (χ0n) is 18.8. The van der Waals surface area contributed by atoms with Crippen LogP contribution >= 0.6 is 0 Å². The molecule has 1 unspecified atom stereocenters. The summed E-state index contributed by atoms with van der Waals surface area (Å²) < 4.78 is 21.7. The Morgan fingerprint density at radius 1 is 0.882 bits per heavy atom. The van der Waals surface area contributed by atoms with Crippen molar-refractivity contribution in [3.05, 3.63) is 71.8 Å². The minimum absolute atomic E-state index is 0.102. The van der Waals surface area contributed by atoms with Crippen molar-refractivity contribution < 1.29 is 38.1 Å². The maximum Gasteiger partial charge on any atom is 0.335 e. The first kappa shape index (κ1) is 23.0. The molecule has 0 saturated carbocycles. The van der Waals surface area contributed by atoms with Gasteiger partial charge in [-0.25, -0.2) is 9.59 Å². The summed E-state index contributed by atoms with van der Waals surface area (Å²) in [5, 5.41) is 0. The monoisotopic (exact) mass is 462 g/mol. The van der Waals surface area contributed by atoms with Crippen molar-refractivity contribution in [3.8, 4) is 23.0 Å². The van der Waals surface area contributed by atoms with Crippen LogP contribution in [-0.2, 0) is 37.4 Å². The molecule has 174 valence electrons. The zero-order valence-corrected chi connectivity index (χ0v) is 18.8. The molecule has 0 saturated heterocycles. The van der Waals surface area contributed by atoms with Crippen LogP contribution in [0, 0.1) is 0 Å². The predicted molar refractivity (Wildman–Crippen MR) is 120 cm³/mol. The molecular weight excluding hydrogens is 440 g/mol. The minimum atomic E-state index is -1.45. The lowest BCUT2D eigenvalue weighted by Gasteiger charge is -2.32. The Kier molecular flexibility index (Phi) is 5.83. The second-order valence-electron chi connectivity index (χ2n) is 7.82. The van der Waals surface area contributed by atoms with E-state index in [1.54, 1.807) is 12.1 Å². The van der Waals surface area contributed by atoms with Gasteiger partial charge in [-0.05, 0) is 36.1 Å². The molecule has 2 aliphatic rings. The molecule has 8 heteroatoms. The Morgan fingerprint density at radius 2 is 1.35 bits per heavy atom. The maximum atomic E-state index is 13.4. The average Bonchev–Trinajstić information content (AvgIpc) is 3.08. The molecule has 34 heavy (non-hydrogen) atoms. The molecule has 0 aromatic heterocycles. The topological polar surface area (TPSA) is 105 Å². The number of ether oxygens (including phenoxy) is 4. The molecule has 4 rings (SSSR count). The highest BCUT2D eigenvalue weighted by Gasteiger charge is 2.56. The number of benzene rings is 2. The number of carbonyl (C=O) groups excluding carboxylic acids is 4. The smallest absolute Gasteiger partial charge is 0.335 e. The predicted octanol–water partition coefficient (Wildman–Crippen LogP) is 3.51. The summed E-state index contributed by atoms with van der Waals surface area (Å²) >= 11 is 0. The van der Waals surface area contributed by atoms with Gasteiger partial charge < -0.3 is 18.9 Å². The van der Waals surface area contributed by atoms with Gasteiger partial charge in [-0.15, -0.1) is 0 Å². The van der Waals surface area contributed by atoms with E-state index in [0.717, 1.165) is 12.2 Å². The van der Waals surface area contributed by atoms with Crippen LogP contribution in [0.15, 0.2) is 49.6 Å². The van der Waals surface area contributed by atoms with Gasteiger partial charge in [0.05, 0.1) is 6.42 Å². The van der Waals surface area contributed by atoms with Gasteiger partial charge in [0.1, 0.15) is 28.4 Å². The van der Waals surface area contributed by atoms with Crippen LogP contribution < -0.4 is 18.9 Å². The first-order chi connectivity index (χ1) is 16.3. The van der Waals surface area contributed by atoms with E-state index in [-0.39, 0.29) is 29.4 Å². The lowest BCUT2D eigenvalue weighted by Crippen LogP contribution is -2.42. The highest BCUT2D eigenvalue weighted by molar-refractivity contribution is 6.01. The van der Waals surface area contributed by atoms with Gasteiger partial charge in [0.15, 0.2) is 0 Å². The third-order valence-corrected chi connectivity index (χ3v) is 5.95. The van der Waals surface area contributed by atoms with Gasteiger partial charge in [-0.2, -0.15) is 0 Å². The van der Waals surface area contributed by atoms with E-state index in [1.165, 1.54) is 12.1 Å². The van der Waals surface area contributed by atoms with Gasteiger partial charge >= 0.3 is 23.9 Å². The van der Waals surface area contributed by atoms with Gasteiger partial charge in [-0.3, -0.25) is 9.59 Å². The van der Waals surface area contributed by atoms with Crippen LogP contribution in [-0.4, -0.2) is 23.9 Å². The van der Waals surface area contributed by atoms with Crippen LogP contribution in [0.4, 0.5) is 0 Å². The van der Waals surface area contributed by atoms with Crippen LogP contribution in [0.3, 0.4) is 0 Å². The maximum absolute atomic E-state index is 13.4. The van der Waals surface area contributed by atoms with Crippen LogP contribution in [0.1, 0.15) is 42.5 Å². The molecule has 0 amide bonds. The van der Waals surface area contributed by atoms with Crippen LogP contribution in [0.25, 0.3) is 0 Å². The molecule has 0 radical (unpaired) electrons. The van der Waals surface area contributed by atoms with Crippen molar-refractivity contribution in [2.24, 2.45) is 0 Å². The third-order valence-electron chi connectivity index (χ3n) is 5.95. The molecule has 1 spiro atoms. The highest BCUT2D eigenvalue weighted by atomic mass is 16.6. The molecule has 0 fully saturated rings. The summed E-state index contributed by atoms with van der Waals surface area (Å²) in [6.45, 7) is 10.5. The van der Waals surface area contributed by atoms with Crippen LogP contribution in [0.5, 0.6) is 23.0 Å². The Balaban J connectivity index is 1.93. The van der Waals surface area contributed by atoms with E-state index < -0.39 is 29.3 Å². The Bertz CT molecular complexity index is 1270. The second kappa shape index (κ2) is 8.62. The Morgan fingerprint density at radius 3 is 1.79 bits per heavy atom. The minimum Gasteiger partial charge on any atom is -0.426 e.